The van der Waals surface area contributed by atoms with Gasteiger partial charge < -0.3 is 9.64 Å². The molecule has 0 fully saturated rings. The number of carbonyl (C=O) groups excluding carboxylic acids is 1. The third kappa shape index (κ3) is 2.70. The van der Waals surface area contributed by atoms with Crippen LogP contribution in [0.25, 0.3) is 0 Å². The number of sulfone groups is 1. The molecule has 0 bridgehead atoms. The van der Waals surface area contributed by atoms with Crippen LogP contribution in [-0.4, -0.2) is 27.8 Å². The van der Waals surface area contributed by atoms with Crippen LogP contribution in [0.5, 0.6) is 0 Å². The van der Waals surface area contributed by atoms with Gasteiger partial charge in [-0.3, -0.25) is 0 Å². The van der Waals surface area contributed by atoms with Crippen molar-refractivity contribution < 1.29 is 17.9 Å². The van der Waals surface area contributed by atoms with Gasteiger partial charge in [0.1, 0.15) is 0 Å². The summed E-state index contributed by atoms with van der Waals surface area (Å²) >= 11 is 1.58. The van der Waals surface area contributed by atoms with E-state index in [9.17, 15) is 13.2 Å². The number of para-hydroxylation sites is 1. The molecule has 124 valence electrons. The largest absolute Gasteiger partial charge is 0.465 e. The average Bonchev–Trinajstić information content (AvgIpc) is 2.61. The predicted octanol–water partition coefficient (Wildman–Crippen LogP) is 3.35. The van der Waals surface area contributed by atoms with E-state index in [0.29, 0.717) is 5.69 Å². The maximum atomic E-state index is 12.7. The van der Waals surface area contributed by atoms with Crippen LogP contribution in [-0.2, 0) is 19.4 Å². The van der Waals surface area contributed by atoms with Gasteiger partial charge in [-0.15, -0.1) is 11.8 Å². The Kier molecular flexibility index (Phi) is 4.38. The first-order chi connectivity index (χ1) is 11.5. The standard InChI is InChI=1S/C17H15NO4S2/c1-22-17(19)16-11-18(12-6-5-7-13(10-12)23-2)14-8-3-4-9-15(14)24(16,20)21/h3-11H,1-2H3. The van der Waals surface area contributed by atoms with Crippen LogP contribution in [0.3, 0.4) is 0 Å². The number of esters is 1. The molecular formula is C17H15NO4S2. The zero-order valence-electron chi connectivity index (χ0n) is 13.1. The maximum absolute atomic E-state index is 12.7. The number of hydrogen-bond acceptors (Lipinski definition) is 6. The first-order valence-corrected chi connectivity index (χ1v) is 9.77. The van der Waals surface area contributed by atoms with Gasteiger partial charge in [0.25, 0.3) is 0 Å². The fourth-order valence-corrected chi connectivity index (χ4v) is 4.43. The minimum Gasteiger partial charge on any atom is -0.465 e. The summed E-state index contributed by atoms with van der Waals surface area (Å²) in [6.45, 7) is 0. The van der Waals surface area contributed by atoms with E-state index in [4.69, 9.17) is 0 Å². The molecule has 24 heavy (non-hydrogen) atoms. The van der Waals surface area contributed by atoms with Crippen LogP contribution in [0.2, 0.25) is 0 Å². The van der Waals surface area contributed by atoms with Crippen molar-refractivity contribution in [2.45, 2.75) is 9.79 Å². The molecule has 0 aliphatic carbocycles. The van der Waals surface area contributed by atoms with Gasteiger partial charge in [-0.2, -0.15) is 0 Å². The van der Waals surface area contributed by atoms with Crippen molar-refractivity contribution in [2.24, 2.45) is 0 Å². The molecule has 0 aromatic heterocycles. The highest BCUT2D eigenvalue weighted by Crippen LogP contribution is 2.40. The average molecular weight is 361 g/mol. The Morgan fingerprint density at radius 3 is 2.58 bits per heavy atom. The van der Waals surface area contributed by atoms with Crippen LogP contribution in [0.1, 0.15) is 0 Å². The van der Waals surface area contributed by atoms with Gasteiger partial charge in [-0.1, -0.05) is 18.2 Å². The molecule has 0 spiro atoms. The maximum Gasteiger partial charge on any atom is 0.351 e. The summed E-state index contributed by atoms with van der Waals surface area (Å²) < 4.78 is 30.1. The summed E-state index contributed by atoms with van der Waals surface area (Å²) in [5.41, 5.74) is 1.27. The molecule has 1 aliphatic rings. The molecule has 2 aromatic carbocycles. The molecule has 0 saturated heterocycles. The molecule has 1 heterocycles. The Morgan fingerprint density at radius 1 is 1.12 bits per heavy atom. The number of methoxy groups -OCH3 is 1. The van der Waals surface area contributed by atoms with Gasteiger partial charge in [0.05, 0.1) is 17.7 Å². The van der Waals surface area contributed by atoms with Gasteiger partial charge in [-0.25, -0.2) is 13.2 Å². The third-order valence-electron chi connectivity index (χ3n) is 3.67. The number of thioether (sulfide) groups is 1. The Bertz CT molecular complexity index is 935. The topological polar surface area (TPSA) is 63.7 Å². The summed E-state index contributed by atoms with van der Waals surface area (Å²) in [5.74, 6) is -0.879. The van der Waals surface area contributed by atoms with Crippen molar-refractivity contribution in [2.75, 3.05) is 18.3 Å². The van der Waals surface area contributed by atoms with Crippen LogP contribution < -0.4 is 4.90 Å². The Balaban J connectivity index is 2.25. The predicted molar refractivity (Wildman–Crippen MR) is 94.1 cm³/mol. The summed E-state index contributed by atoms with van der Waals surface area (Å²) in [6, 6.07) is 14.2. The monoisotopic (exact) mass is 361 g/mol. The van der Waals surface area contributed by atoms with Crippen molar-refractivity contribution in [3.05, 3.63) is 59.6 Å². The number of ether oxygens (including phenoxy) is 1. The summed E-state index contributed by atoms with van der Waals surface area (Å²) in [6.07, 6.45) is 3.28. The zero-order valence-corrected chi connectivity index (χ0v) is 14.7. The Morgan fingerprint density at radius 2 is 1.88 bits per heavy atom. The second kappa shape index (κ2) is 6.33. The molecule has 1 aliphatic heterocycles. The fraction of sp³-hybridized carbons (Fsp3) is 0.118. The first kappa shape index (κ1) is 16.6. The van der Waals surface area contributed by atoms with E-state index >= 15 is 0 Å². The van der Waals surface area contributed by atoms with Crippen molar-refractivity contribution >= 4 is 38.9 Å². The quantitative estimate of drug-likeness (QED) is 0.617. The Labute approximate surface area is 144 Å². The molecule has 0 saturated carbocycles. The summed E-state index contributed by atoms with van der Waals surface area (Å²) in [5, 5.41) is 0. The lowest BCUT2D eigenvalue weighted by atomic mass is 10.2. The third-order valence-corrected chi connectivity index (χ3v) is 6.17. The lowest BCUT2D eigenvalue weighted by molar-refractivity contribution is -0.135. The number of fused-ring (bicyclic) bond motifs is 1. The molecule has 2 aromatic rings. The number of nitrogens with zero attached hydrogens (tertiary/aromatic N) is 1. The van der Waals surface area contributed by atoms with Crippen molar-refractivity contribution in [3.8, 4) is 0 Å². The number of benzene rings is 2. The van der Waals surface area contributed by atoms with Gasteiger partial charge >= 0.3 is 5.97 Å². The molecule has 0 unspecified atom stereocenters. The van der Waals surface area contributed by atoms with Gasteiger partial charge in [0.2, 0.25) is 9.84 Å². The minimum absolute atomic E-state index is 0.0856. The van der Waals surface area contributed by atoms with E-state index in [0.717, 1.165) is 17.7 Å². The number of hydrogen-bond donors (Lipinski definition) is 0. The van der Waals surface area contributed by atoms with E-state index in [1.807, 2.05) is 30.5 Å². The normalized spacial score (nSPS) is 15.4. The van der Waals surface area contributed by atoms with Gasteiger partial charge in [0.15, 0.2) is 4.91 Å². The van der Waals surface area contributed by atoms with Crippen LogP contribution >= 0.6 is 11.8 Å². The lowest BCUT2D eigenvalue weighted by Crippen LogP contribution is -2.26. The van der Waals surface area contributed by atoms with Gasteiger partial charge in [-0.05, 0) is 36.6 Å². The number of anilines is 2. The lowest BCUT2D eigenvalue weighted by Gasteiger charge is -2.28. The van der Waals surface area contributed by atoms with E-state index < -0.39 is 15.8 Å². The first-order valence-electron chi connectivity index (χ1n) is 7.06. The Hall–Kier alpha value is -2.25. The summed E-state index contributed by atoms with van der Waals surface area (Å²) in [7, 11) is -2.75. The van der Waals surface area contributed by atoms with Crippen LogP contribution in [0, 0.1) is 0 Å². The van der Waals surface area contributed by atoms with Gasteiger partial charge in [0, 0.05) is 16.8 Å². The molecule has 0 amide bonds. The van der Waals surface area contributed by atoms with E-state index in [1.165, 1.54) is 12.3 Å². The number of rotatable bonds is 3. The molecule has 3 rings (SSSR count). The molecule has 0 radical (unpaired) electrons. The highest BCUT2D eigenvalue weighted by atomic mass is 32.2. The molecule has 5 nitrogen and oxygen atoms in total. The van der Waals surface area contributed by atoms with E-state index in [2.05, 4.69) is 4.74 Å². The summed E-state index contributed by atoms with van der Waals surface area (Å²) in [4.78, 5) is 14.4. The van der Waals surface area contributed by atoms with E-state index in [1.54, 1.807) is 34.9 Å². The van der Waals surface area contributed by atoms with Crippen LogP contribution in [0.4, 0.5) is 11.4 Å². The van der Waals surface area contributed by atoms with E-state index in [-0.39, 0.29) is 9.80 Å². The van der Waals surface area contributed by atoms with Crippen molar-refractivity contribution in [1.29, 1.82) is 0 Å². The molecule has 0 atom stereocenters. The fourth-order valence-electron chi connectivity index (χ4n) is 2.50. The van der Waals surface area contributed by atoms with Crippen LogP contribution in [0.15, 0.2) is 69.4 Å². The highest BCUT2D eigenvalue weighted by molar-refractivity contribution is 7.98. The molecule has 7 heteroatoms. The minimum atomic E-state index is -3.91. The van der Waals surface area contributed by atoms with Crippen molar-refractivity contribution in [3.63, 3.8) is 0 Å². The van der Waals surface area contributed by atoms with Crippen molar-refractivity contribution in [1.82, 2.24) is 0 Å². The molecular weight excluding hydrogens is 346 g/mol. The second-order valence-corrected chi connectivity index (χ2v) is 7.79. The highest BCUT2D eigenvalue weighted by Gasteiger charge is 2.36. The molecule has 0 N–H and O–H groups in total. The number of carbonyl (C=O) groups is 1. The SMILES string of the molecule is COC(=O)C1=CN(c2cccc(SC)c2)c2ccccc2S1(=O)=O. The smallest absolute Gasteiger partial charge is 0.351 e. The second-order valence-electron chi connectivity index (χ2n) is 5.03. The zero-order chi connectivity index (χ0) is 17.3.